The number of carbonyl (C=O) groups is 2. The van der Waals surface area contributed by atoms with Crippen LogP contribution in [0.5, 0.6) is 0 Å². The third-order valence-corrected chi connectivity index (χ3v) is 17.9. The monoisotopic (exact) mass is 1090 g/mol. The van der Waals surface area contributed by atoms with Gasteiger partial charge in [-0.2, -0.15) is 21.4 Å². The van der Waals surface area contributed by atoms with Crippen LogP contribution in [0.4, 0.5) is 16.5 Å². The zero-order chi connectivity index (χ0) is 52.3. The summed E-state index contributed by atoms with van der Waals surface area (Å²) in [4.78, 5) is 26.2. The molecule has 2 aliphatic heterocycles. The second-order valence-electron chi connectivity index (χ2n) is 17.3. The first-order valence-electron chi connectivity index (χ1n) is 21.3. The zero-order valence-electron chi connectivity index (χ0n) is 38.6. The number of nitrogens with two attached hydrogens (primary N) is 1. The fourth-order valence-electron chi connectivity index (χ4n) is 8.00. The summed E-state index contributed by atoms with van der Waals surface area (Å²) in [5.41, 5.74) is 1.87. The molecule has 3 aromatic rings. The van der Waals surface area contributed by atoms with Crippen LogP contribution in [-0.4, -0.2) is 137 Å². The maximum absolute atomic E-state index is 13.9. The van der Waals surface area contributed by atoms with Crippen molar-refractivity contribution < 1.29 is 69.9 Å². The minimum atomic E-state index is -4.56. The highest BCUT2D eigenvalue weighted by atomic mass is 32.2. The SMILES string of the molecule is CN(CCCC(=O)NCCC(=O)Nc1nnc(S(N)(=O)=O)s1)S(=O)(=O)c1ccc2c(c1)C(C)(C)C(/C=C/C=C/C=C1/N(CCCS(=O)(=O)O)c3ccc(S(=O)(=O)O)cc3C1(C)C)=[N+]2CCCS(=O)(=O)[O-]. The van der Waals surface area contributed by atoms with E-state index < -0.39 is 88.9 Å². The first kappa shape index (κ1) is 56.1. The van der Waals surface area contributed by atoms with E-state index in [0.717, 1.165) is 4.31 Å². The maximum Gasteiger partial charge on any atom is 0.294 e. The van der Waals surface area contributed by atoms with Crippen LogP contribution in [0.15, 0.2) is 86.6 Å². The Morgan fingerprint density at radius 3 is 2.14 bits per heavy atom. The number of fused-ring (bicyclic) bond motifs is 2. The Balaban J connectivity index is 1.30. The Labute approximate surface area is 411 Å². The van der Waals surface area contributed by atoms with Crippen LogP contribution in [0.1, 0.15) is 70.9 Å². The van der Waals surface area contributed by atoms with E-state index in [-0.39, 0.29) is 73.2 Å². The molecule has 23 nitrogen and oxygen atoms in total. The summed E-state index contributed by atoms with van der Waals surface area (Å²) in [5, 5.41) is 16.7. The summed E-state index contributed by atoms with van der Waals surface area (Å²) in [5.74, 6) is -2.19. The van der Waals surface area contributed by atoms with Gasteiger partial charge in [0.05, 0.1) is 31.1 Å². The topological polar surface area (TPSA) is 354 Å². The highest BCUT2D eigenvalue weighted by Crippen LogP contribution is 2.48. The van der Waals surface area contributed by atoms with E-state index in [4.69, 9.17) is 5.14 Å². The van der Waals surface area contributed by atoms with Gasteiger partial charge < -0.3 is 20.1 Å². The van der Waals surface area contributed by atoms with E-state index >= 15 is 0 Å². The fourth-order valence-corrected chi connectivity index (χ4v) is 12.1. The Morgan fingerprint density at radius 2 is 1.51 bits per heavy atom. The Kier molecular flexibility index (Phi) is 17.2. The third kappa shape index (κ3) is 14.0. The molecule has 2 aliphatic rings. The molecule has 0 radical (unpaired) electrons. The lowest BCUT2D eigenvalue weighted by Gasteiger charge is -2.27. The summed E-state index contributed by atoms with van der Waals surface area (Å²) in [6, 6.07) is 8.64. The van der Waals surface area contributed by atoms with Crippen molar-refractivity contribution in [1.82, 2.24) is 19.8 Å². The smallest absolute Gasteiger partial charge is 0.294 e. The summed E-state index contributed by atoms with van der Waals surface area (Å²) >= 11 is 0.562. The van der Waals surface area contributed by atoms with Crippen LogP contribution in [0.3, 0.4) is 0 Å². The molecule has 0 saturated carbocycles. The van der Waals surface area contributed by atoms with Gasteiger partial charge in [0, 0.05) is 86.2 Å². The van der Waals surface area contributed by atoms with Crippen LogP contribution >= 0.6 is 11.3 Å². The largest absolute Gasteiger partial charge is 0.748 e. The predicted octanol–water partition coefficient (Wildman–Crippen LogP) is 2.36. The molecule has 0 aliphatic carbocycles. The average Bonchev–Trinajstić information content (AvgIpc) is 3.85. The molecule has 0 bridgehead atoms. The fraction of sp³-hybridized carbons (Fsp3) is 0.439. The normalized spacial score (nSPS) is 16.7. The van der Waals surface area contributed by atoms with Crippen molar-refractivity contribution in [2.45, 2.75) is 84.8 Å². The standard InChI is InChI=1S/C41H54N8O15S6/c1-40(2)30-26-28(69(60,61)47(5)21-9-14-36(50)43-20-19-37(51)44-38-45-46-39(65-38)68(42,58)59)15-17-32(30)48(22-10-24-66(52,53)54)34(40)12-7-6-8-13-35-41(3,4)31-27-29(70(62,63)64)16-18-33(31)49(35)23-11-25-67(55,56)57/h6-8,12-13,15-18,26-27H,9-11,14,19-25H2,1-5H3,(H6-,42,43,44,45,50,51,52,53,54,55,56,57,58,59,62,63,64). The summed E-state index contributed by atoms with van der Waals surface area (Å²) in [6.45, 7) is 7.47. The van der Waals surface area contributed by atoms with E-state index in [0.29, 0.717) is 45.2 Å². The van der Waals surface area contributed by atoms with Gasteiger partial charge in [0.2, 0.25) is 37.0 Å². The van der Waals surface area contributed by atoms with E-state index in [2.05, 4.69) is 20.8 Å². The molecule has 0 unspecified atom stereocenters. The van der Waals surface area contributed by atoms with Crippen LogP contribution < -0.4 is 20.7 Å². The van der Waals surface area contributed by atoms with Gasteiger partial charge in [0.25, 0.3) is 30.3 Å². The average molecular weight is 1090 g/mol. The van der Waals surface area contributed by atoms with Crippen molar-refractivity contribution in [1.29, 1.82) is 0 Å². The van der Waals surface area contributed by atoms with Crippen LogP contribution in [0.2, 0.25) is 0 Å². The van der Waals surface area contributed by atoms with Crippen molar-refractivity contribution in [2.24, 2.45) is 5.14 Å². The van der Waals surface area contributed by atoms with Gasteiger partial charge in [0.1, 0.15) is 6.54 Å². The molecular formula is C41H54N8O15S6. The number of nitrogens with zero attached hydrogens (tertiary/aromatic N) is 5. The van der Waals surface area contributed by atoms with Gasteiger partial charge in [-0.15, -0.1) is 10.2 Å². The molecule has 1 aromatic heterocycles. The van der Waals surface area contributed by atoms with Crippen LogP contribution in [-0.2, 0) is 70.8 Å². The van der Waals surface area contributed by atoms with Gasteiger partial charge in [0.15, 0.2) is 5.71 Å². The number of amides is 2. The van der Waals surface area contributed by atoms with E-state index in [1.807, 2.05) is 32.3 Å². The lowest BCUT2D eigenvalue weighted by Crippen LogP contribution is -2.31. The van der Waals surface area contributed by atoms with Gasteiger partial charge in [-0.05, 0) is 68.7 Å². The molecule has 6 N–H and O–H groups in total. The summed E-state index contributed by atoms with van der Waals surface area (Å²) < 4.78 is 154. The van der Waals surface area contributed by atoms with Crippen molar-refractivity contribution in [3.63, 3.8) is 0 Å². The van der Waals surface area contributed by atoms with Gasteiger partial charge in [-0.1, -0.05) is 43.4 Å². The Hall–Kier alpha value is -4.82. The first-order valence-corrected chi connectivity index (χ1v) is 29.7. The number of benzene rings is 2. The number of sulfonamides is 2. The Morgan fingerprint density at radius 1 is 0.843 bits per heavy atom. The van der Waals surface area contributed by atoms with Crippen molar-refractivity contribution in [3.05, 3.63) is 83.6 Å². The second kappa shape index (κ2) is 21.5. The van der Waals surface area contributed by atoms with E-state index in [9.17, 15) is 65.3 Å². The lowest BCUT2D eigenvalue weighted by atomic mass is 9.81. The van der Waals surface area contributed by atoms with Gasteiger partial charge in [-0.25, -0.2) is 34.7 Å². The van der Waals surface area contributed by atoms with Gasteiger partial charge in [-0.3, -0.25) is 18.7 Å². The summed E-state index contributed by atoms with van der Waals surface area (Å²) in [7, 11) is -20.2. The van der Waals surface area contributed by atoms with Crippen LogP contribution in [0.25, 0.3) is 0 Å². The number of anilines is 2. The molecule has 384 valence electrons. The molecule has 2 amide bonds. The first-order chi connectivity index (χ1) is 32.2. The van der Waals surface area contributed by atoms with Crippen molar-refractivity contribution in [3.8, 4) is 0 Å². The molecule has 0 spiro atoms. The van der Waals surface area contributed by atoms with Crippen molar-refractivity contribution >= 4 is 95.8 Å². The number of hydrogen-bond acceptors (Lipinski definition) is 17. The summed E-state index contributed by atoms with van der Waals surface area (Å²) in [6.07, 6.45) is 8.48. The molecule has 70 heavy (non-hydrogen) atoms. The van der Waals surface area contributed by atoms with Gasteiger partial charge >= 0.3 is 0 Å². The molecule has 0 fully saturated rings. The highest BCUT2D eigenvalue weighted by molar-refractivity contribution is 7.91. The number of aromatic nitrogens is 2. The minimum absolute atomic E-state index is 0.0305. The number of primary sulfonamides is 1. The highest BCUT2D eigenvalue weighted by Gasteiger charge is 2.45. The molecule has 29 heteroatoms. The van der Waals surface area contributed by atoms with Crippen LogP contribution in [0, 0.1) is 0 Å². The second-order valence-corrected chi connectivity index (χ2v) is 26.6. The number of nitrogens with one attached hydrogen (secondary N) is 2. The number of carbonyl (C=O) groups excluding carboxylic acids is 2. The number of hydrogen-bond donors (Lipinski definition) is 5. The maximum atomic E-state index is 13.9. The van der Waals surface area contributed by atoms with E-state index in [1.54, 1.807) is 41.3 Å². The molecule has 2 aromatic carbocycles. The lowest BCUT2D eigenvalue weighted by molar-refractivity contribution is -0.437. The zero-order valence-corrected chi connectivity index (χ0v) is 43.5. The Bertz CT molecular complexity index is 3240. The third-order valence-electron chi connectivity index (χ3n) is 11.5. The number of allylic oxidation sites excluding steroid dienone is 6. The predicted molar refractivity (Wildman–Crippen MR) is 259 cm³/mol. The van der Waals surface area contributed by atoms with E-state index in [1.165, 1.54) is 37.4 Å². The molecular weight excluding hydrogens is 1040 g/mol. The minimum Gasteiger partial charge on any atom is -0.748 e. The molecule has 0 saturated heterocycles. The molecule has 0 atom stereocenters. The molecule has 5 rings (SSSR count). The molecule has 3 heterocycles. The quantitative estimate of drug-likeness (QED) is 0.0394. The van der Waals surface area contributed by atoms with Crippen molar-refractivity contribution in [2.75, 3.05) is 54.9 Å². The number of rotatable bonds is 23.